The molecule has 27 heavy (non-hydrogen) atoms. The first-order valence-electron chi connectivity index (χ1n) is 8.22. The molecule has 0 bridgehead atoms. The molecule has 3 aromatic rings. The van der Waals surface area contributed by atoms with Gasteiger partial charge in [0, 0.05) is 29.3 Å². The zero-order valence-corrected chi connectivity index (χ0v) is 16.1. The van der Waals surface area contributed by atoms with Crippen LogP contribution < -0.4 is 9.47 Å². The number of hydrogen-bond donors (Lipinski definition) is 0. The number of fused-ring (bicyclic) bond motifs is 1. The number of rotatable bonds is 5. The molecule has 0 atom stereocenters. The number of carbonyl (C=O) groups is 1. The Balaban J connectivity index is 1.86. The summed E-state index contributed by atoms with van der Waals surface area (Å²) in [4.78, 5) is 16.7. The number of hydrogen-bond acceptors (Lipinski definition) is 5. The van der Waals surface area contributed by atoms with E-state index in [1.54, 1.807) is 18.3 Å². The molecule has 0 aliphatic rings. The minimum atomic E-state index is -0.561. The Kier molecular flexibility index (Phi) is 5.84. The lowest BCUT2D eigenvalue weighted by atomic mass is 10.1. The number of esters is 1. The zero-order valence-electron chi connectivity index (χ0n) is 14.5. The van der Waals surface area contributed by atoms with Crippen molar-refractivity contribution in [3.05, 3.63) is 70.3 Å². The fourth-order valence-corrected chi connectivity index (χ4v) is 3.07. The predicted molar refractivity (Wildman–Crippen MR) is 106 cm³/mol. The van der Waals surface area contributed by atoms with Gasteiger partial charge in [-0.05, 0) is 41.1 Å². The van der Waals surface area contributed by atoms with Gasteiger partial charge in [-0.1, -0.05) is 24.3 Å². The third-order valence-corrected chi connectivity index (χ3v) is 4.29. The van der Waals surface area contributed by atoms with Gasteiger partial charge in [0.25, 0.3) is 0 Å². The Bertz CT molecular complexity index is 1070. The first kappa shape index (κ1) is 18.6. The first-order chi connectivity index (χ1) is 13.1. The Morgan fingerprint density at radius 2 is 2.11 bits per heavy atom. The molecule has 0 unspecified atom stereocenters. The molecule has 0 amide bonds. The molecule has 1 aromatic heterocycles. The highest BCUT2D eigenvalue weighted by Gasteiger charge is 2.15. The van der Waals surface area contributed by atoms with Gasteiger partial charge in [0.15, 0.2) is 11.5 Å². The van der Waals surface area contributed by atoms with Crippen molar-refractivity contribution in [1.82, 2.24) is 4.98 Å². The topological polar surface area (TPSA) is 72.2 Å². The van der Waals surface area contributed by atoms with Crippen LogP contribution >= 0.6 is 15.9 Å². The summed E-state index contributed by atoms with van der Waals surface area (Å²) in [6, 6.07) is 14.7. The van der Waals surface area contributed by atoms with Gasteiger partial charge >= 0.3 is 5.97 Å². The third kappa shape index (κ3) is 4.33. The fourth-order valence-electron chi connectivity index (χ4n) is 2.55. The molecule has 5 nitrogen and oxygen atoms in total. The van der Waals surface area contributed by atoms with Crippen molar-refractivity contribution in [2.75, 3.05) is 6.61 Å². The van der Waals surface area contributed by atoms with Gasteiger partial charge < -0.3 is 9.47 Å². The third-order valence-electron chi connectivity index (χ3n) is 3.70. The van der Waals surface area contributed by atoms with Crippen LogP contribution in [0.15, 0.2) is 59.2 Å². The number of aromatic nitrogens is 1. The van der Waals surface area contributed by atoms with Crippen molar-refractivity contribution in [1.29, 1.82) is 5.26 Å². The number of halogens is 1. The summed E-state index contributed by atoms with van der Waals surface area (Å²) in [6.45, 7) is 2.19. The normalized spacial score (nSPS) is 10.7. The van der Waals surface area contributed by atoms with Crippen LogP contribution in [0.25, 0.3) is 17.0 Å². The molecule has 134 valence electrons. The van der Waals surface area contributed by atoms with E-state index < -0.39 is 5.97 Å². The van der Waals surface area contributed by atoms with Crippen LogP contribution in [0.4, 0.5) is 0 Å². The smallest absolute Gasteiger partial charge is 0.336 e. The van der Waals surface area contributed by atoms with E-state index in [1.165, 1.54) is 12.1 Å². The summed E-state index contributed by atoms with van der Waals surface area (Å²) < 4.78 is 11.4. The van der Waals surface area contributed by atoms with Crippen LogP contribution in [-0.2, 0) is 4.79 Å². The van der Waals surface area contributed by atoms with E-state index in [9.17, 15) is 4.79 Å². The van der Waals surface area contributed by atoms with Crippen molar-refractivity contribution in [3.63, 3.8) is 0 Å². The molecule has 0 saturated heterocycles. The van der Waals surface area contributed by atoms with Crippen molar-refractivity contribution >= 4 is 38.9 Å². The van der Waals surface area contributed by atoms with Crippen LogP contribution in [0.5, 0.6) is 11.5 Å². The van der Waals surface area contributed by atoms with E-state index in [1.807, 2.05) is 43.3 Å². The standard InChI is InChI=1S/C21H15BrN2O3/c1-2-26-18-12-14(13-23)11-17(22)21(18)27-19(25)9-8-16-6-3-5-15-7-4-10-24-20(15)16/h3-12H,2H2,1H3/b9-8+. The maximum Gasteiger partial charge on any atom is 0.336 e. The molecular weight excluding hydrogens is 408 g/mol. The number of benzene rings is 2. The van der Waals surface area contributed by atoms with E-state index in [0.717, 1.165) is 16.5 Å². The van der Waals surface area contributed by atoms with Gasteiger partial charge in [0.2, 0.25) is 0 Å². The number of nitriles is 1. The van der Waals surface area contributed by atoms with Gasteiger partial charge in [0.1, 0.15) is 0 Å². The molecule has 0 aliphatic heterocycles. The van der Waals surface area contributed by atoms with Crippen molar-refractivity contribution in [3.8, 4) is 17.6 Å². The molecule has 2 aromatic carbocycles. The molecule has 0 saturated carbocycles. The van der Waals surface area contributed by atoms with E-state index in [-0.39, 0.29) is 5.75 Å². The highest BCUT2D eigenvalue weighted by atomic mass is 79.9. The molecule has 6 heteroatoms. The highest BCUT2D eigenvalue weighted by Crippen LogP contribution is 2.37. The van der Waals surface area contributed by atoms with Gasteiger partial charge in [-0.2, -0.15) is 5.26 Å². The molecule has 0 aliphatic carbocycles. The zero-order chi connectivity index (χ0) is 19.2. The van der Waals surface area contributed by atoms with Gasteiger partial charge in [-0.15, -0.1) is 0 Å². The second-order valence-corrected chi connectivity index (χ2v) is 6.36. The Hall–Kier alpha value is -3.17. The summed E-state index contributed by atoms with van der Waals surface area (Å²) in [5, 5.41) is 10.1. The van der Waals surface area contributed by atoms with Crippen LogP contribution in [0.2, 0.25) is 0 Å². The molecule has 1 heterocycles. The van der Waals surface area contributed by atoms with Gasteiger partial charge in [0.05, 0.1) is 28.2 Å². The average molecular weight is 423 g/mol. The largest absolute Gasteiger partial charge is 0.490 e. The summed E-state index contributed by atoms with van der Waals surface area (Å²) in [6.07, 6.45) is 4.71. The Morgan fingerprint density at radius 3 is 2.89 bits per heavy atom. The number of carbonyl (C=O) groups excluding carboxylic acids is 1. The SMILES string of the molecule is CCOc1cc(C#N)cc(Br)c1OC(=O)/C=C/c1cccc2cccnc12. The van der Waals surface area contributed by atoms with Gasteiger partial charge in [-0.25, -0.2) is 4.79 Å². The maximum absolute atomic E-state index is 12.3. The minimum absolute atomic E-state index is 0.238. The lowest BCUT2D eigenvalue weighted by molar-refractivity contribution is -0.129. The van der Waals surface area contributed by atoms with Crippen LogP contribution in [0.1, 0.15) is 18.1 Å². The van der Waals surface area contributed by atoms with E-state index >= 15 is 0 Å². The Labute approximate surface area is 165 Å². The Morgan fingerprint density at radius 1 is 1.30 bits per heavy atom. The fraction of sp³-hybridized carbons (Fsp3) is 0.0952. The lowest BCUT2D eigenvalue weighted by Gasteiger charge is -2.11. The van der Waals surface area contributed by atoms with E-state index in [0.29, 0.717) is 22.4 Å². The van der Waals surface area contributed by atoms with E-state index in [2.05, 4.69) is 20.9 Å². The number of nitrogens with zero attached hydrogens (tertiary/aromatic N) is 2. The molecule has 0 fully saturated rings. The second kappa shape index (κ2) is 8.47. The quantitative estimate of drug-likeness (QED) is 0.332. The molecule has 0 spiro atoms. The molecule has 0 radical (unpaired) electrons. The average Bonchev–Trinajstić information content (AvgIpc) is 2.68. The van der Waals surface area contributed by atoms with Crippen molar-refractivity contribution in [2.24, 2.45) is 0 Å². The highest BCUT2D eigenvalue weighted by molar-refractivity contribution is 9.10. The second-order valence-electron chi connectivity index (χ2n) is 5.51. The van der Waals surface area contributed by atoms with Crippen molar-refractivity contribution in [2.45, 2.75) is 6.92 Å². The maximum atomic E-state index is 12.3. The van der Waals surface area contributed by atoms with Crippen LogP contribution in [-0.4, -0.2) is 17.6 Å². The van der Waals surface area contributed by atoms with Gasteiger partial charge in [-0.3, -0.25) is 4.98 Å². The number of pyridine rings is 1. The van der Waals surface area contributed by atoms with Crippen LogP contribution in [0.3, 0.4) is 0 Å². The minimum Gasteiger partial charge on any atom is -0.490 e. The molecule has 0 N–H and O–H groups in total. The van der Waals surface area contributed by atoms with E-state index in [4.69, 9.17) is 14.7 Å². The number of ether oxygens (including phenoxy) is 2. The summed E-state index contributed by atoms with van der Waals surface area (Å²) in [5.41, 5.74) is 2.02. The number of para-hydroxylation sites is 1. The molecular formula is C21H15BrN2O3. The monoisotopic (exact) mass is 422 g/mol. The summed E-state index contributed by atoms with van der Waals surface area (Å²) >= 11 is 3.32. The molecule has 3 rings (SSSR count). The van der Waals surface area contributed by atoms with Crippen molar-refractivity contribution < 1.29 is 14.3 Å². The first-order valence-corrected chi connectivity index (χ1v) is 9.01. The van der Waals surface area contributed by atoms with Crippen LogP contribution in [0, 0.1) is 11.3 Å². The lowest BCUT2D eigenvalue weighted by Crippen LogP contribution is -2.07. The summed E-state index contributed by atoms with van der Waals surface area (Å²) in [5.74, 6) is 0.00726. The summed E-state index contributed by atoms with van der Waals surface area (Å²) in [7, 11) is 0. The predicted octanol–water partition coefficient (Wildman–Crippen LogP) is 4.89.